The maximum Gasteiger partial charge on any atom is 0.192 e. The molecule has 6 nitrogen and oxygen atoms in total. The second kappa shape index (κ2) is 9.66. The molecule has 3 rings (SSSR count). The smallest absolute Gasteiger partial charge is 0.192 e. The fraction of sp³-hybridized carbons (Fsp3) is 0.680. The van der Waals surface area contributed by atoms with Gasteiger partial charge in [0.25, 0.3) is 0 Å². The lowest BCUT2D eigenvalue weighted by Gasteiger charge is -2.42. The number of ether oxygens (including phenoxy) is 5. The van der Waals surface area contributed by atoms with E-state index in [1.165, 1.54) is 0 Å². The van der Waals surface area contributed by atoms with Gasteiger partial charge in [-0.05, 0) is 37.5 Å². The zero-order chi connectivity index (χ0) is 23.6. The first kappa shape index (κ1) is 25.6. The number of hydrogen-bond donors (Lipinski definition) is 0. The molecule has 2 fully saturated rings. The lowest BCUT2D eigenvalue weighted by molar-refractivity contribution is -0.259. The van der Waals surface area contributed by atoms with E-state index in [1.54, 1.807) is 6.08 Å². The molecule has 0 N–H and O–H groups in total. The van der Waals surface area contributed by atoms with Crippen LogP contribution in [0.25, 0.3) is 0 Å². The highest BCUT2D eigenvalue weighted by molar-refractivity contribution is 6.74. The maximum absolute atomic E-state index is 6.63. The maximum atomic E-state index is 6.63. The monoisotopic (exact) mass is 464 g/mol. The second-order valence-electron chi connectivity index (χ2n) is 10.7. The minimum absolute atomic E-state index is 0.0695. The first-order chi connectivity index (χ1) is 14.9. The molecule has 0 bridgehead atoms. The first-order valence-electron chi connectivity index (χ1n) is 11.4. The molecule has 0 aliphatic carbocycles. The Labute approximate surface area is 194 Å². The Kier molecular flexibility index (Phi) is 7.72. The van der Waals surface area contributed by atoms with Crippen molar-refractivity contribution in [2.75, 3.05) is 19.8 Å². The summed E-state index contributed by atoms with van der Waals surface area (Å²) in [6.07, 6.45) is 0.406. The van der Waals surface area contributed by atoms with Crippen LogP contribution in [-0.2, 0) is 34.7 Å². The Morgan fingerprint density at radius 3 is 2.38 bits per heavy atom. The predicted octanol–water partition coefficient (Wildman–Crippen LogP) is 5.04. The summed E-state index contributed by atoms with van der Waals surface area (Å²) in [6, 6.07) is 10.1. The van der Waals surface area contributed by atoms with Crippen molar-refractivity contribution in [1.29, 1.82) is 0 Å². The van der Waals surface area contributed by atoms with Crippen LogP contribution in [0.4, 0.5) is 0 Å². The van der Waals surface area contributed by atoms with Crippen LogP contribution in [0.2, 0.25) is 18.1 Å². The van der Waals surface area contributed by atoms with E-state index in [9.17, 15) is 0 Å². The fourth-order valence-corrected chi connectivity index (χ4v) is 4.80. The van der Waals surface area contributed by atoms with Gasteiger partial charge in [0.05, 0.1) is 26.4 Å². The van der Waals surface area contributed by atoms with Crippen LogP contribution in [-0.4, -0.2) is 58.0 Å². The summed E-state index contributed by atoms with van der Waals surface area (Å²) in [4.78, 5) is 0. The van der Waals surface area contributed by atoms with E-state index in [4.69, 9.17) is 28.1 Å². The zero-order valence-corrected chi connectivity index (χ0v) is 21.7. The van der Waals surface area contributed by atoms with Gasteiger partial charge in [0.1, 0.15) is 17.8 Å². The number of hydrogen-bond acceptors (Lipinski definition) is 6. The van der Waals surface area contributed by atoms with Crippen LogP contribution in [0.15, 0.2) is 43.0 Å². The Hall–Kier alpha value is -1.06. The minimum Gasteiger partial charge on any atom is -0.414 e. The van der Waals surface area contributed by atoms with Crippen molar-refractivity contribution in [3.63, 3.8) is 0 Å². The lowest BCUT2D eigenvalue weighted by Crippen LogP contribution is -2.56. The topological polar surface area (TPSA) is 55.4 Å². The van der Waals surface area contributed by atoms with Gasteiger partial charge in [-0.1, -0.05) is 57.2 Å². The van der Waals surface area contributed by atoms with Crippen LogP contribution in [0.3, 0.4) is 0 Å². The zero-order valence-electron chi connectivity index (χ0n) is 20.7. The van der Waals surface area contributed by atoms with Crippen molar-refractivity contribution in [3.05, 3.63) is 48.6 Å². The van der Waals surface area contributed by atoms with E-state index < -0.39 is 32.1 Å². The van der Waals surface area contributed by atoms with Crippen molar-refractivity contribution in [2.24, 2.45) is 0 Å². The number of fused-ring (bicyclic) bond motifs is 1. The largest absolute Gasteiger partial charge is 0.414 e. The standard InChI is InChI=1S/C25H40O6Si/c1-9-15-26-17-25(18-28-32(7,8)23(2,3)4)21(27-16-19-13-11-10-12-14-19)20-22(31-25)30-24(5,6)29-20/h9-14,20-22H,1,15-18H2,2-8H3/t20-,21-,22+,25-/m1/s1. The third kappa shape index (κ3) is 5.70. The van der Waals surface area contributed by atoms with Gasteiger partial charge in [-0.15, -0.1) is 6.58 Å². The highest BCUT2D eigenvalue weighted by Crippen LogP contribution is 2.46. The van der Waals surface area contributed by atoms with Crippen LogP contribution in [0, 0.1) is 0 Å². The molecular weight excluding hydrogens is 424 g/mol. The molecule has 2 aliphatic heterocycles. The van der Waals surface area contributed by atoms with Crippen molar-refractivity contribution in [2.45, 2.75) is 89.2 Å². The Morgan fingerprint density at radius 1 is 1.06 bits per heavy atom. The molecule has 0 aromatic heterocycles. The Bertz CT molecular complexity index is 759. The summed E-state index contributed by atoms with van der Waals surface area (Å²) in [7, 11) is -2.04. The lowest BCUT2D eigenvalue weighted by atomic mass is 9.96. The van der Waals surface area contributed by atoms with Crippen molar-refractivity contribution in [1.82, 2.24) is 0 Å². The van der Waals surface area contributed by atoms with Crippen LogP contribution in [0.5, 0.6) is 0 Å². The van der Waals surface area contributed by atoms with Gasteiger partial charge < -0.3 is 28.1 Å². The van der Waals surface area contributed by atoms with Crippen molar-refractivity contribution >= 4 is 8.32 Å². The summed E-state index contributed by atoms with van der Waals surface area (Å²) in [5.41, 5.74) is 0.236. The van der Waals surface area contributed by atoms with E-state index in [2.05, 4.69) is 40.4 Å². The molecule has 2 saturated heterocycles. The molecule has 2 aliphatic rings. The van der Waals surface area contributed by atoms with Gasteiger partial charge in [0, 0.05) is 0 Å². The van der Waals surface area contributed by atoms with Gasteiger partial charge >= 0.3 is 0 Å². The first-order valence-corrected chi connectivity index (χ1v) is 14.3. The van der Waals surface area contributed by atoms with E-state index in [0.717, 1.165) is 5.56 Å². The summed E-state index contributed by atoms with van der Waals surface area (Å²) in [6.45, 7) is 20.2. The van der Waals surface area contributed by atoms with Gasteiger partial charge in [-0.2, -0.15) is 0 Å². The average molecular weight is 465 g/mol. The number of rotatable bonds is 10. The SMILES string of the molecule is C=CCOC[C@]1(CO[Si](C)(C)C(C)(C)C)O[C@@H]2OC(C)(C)O[C@@H]2[C@H]1OCc1ccccc1. The Balaban J connectivity index is 1.87. The van der Waals surface area contributed by atoms with Crippen LogP contribution < -0.4 is 0 Å². The molecule has 32 heavy (non-hydrogen) atoms. The van der Waals surface area contributed by atoms with E-state index in [-0.39, 0.29) is 11.1 Å². The van der Waals surface area contributed by atoms with E-state index in [0.29, 0.717) is 26.4 Å². The summed E-state index contributed by atoms with van der Waals surface area (Å²) < 4.78 is 37.9. The molecule has 7 heteroatoms. The highest BCUT2D eigenvalue weighted by Gasteiger charge is 2.63. The van der Waals surface area contributed by atoms with Crippen molar-refractivity contribution in [3.8, 4) is 0 Å². The van der Waals surface area contributed by atoms with Crippen LogP contribution >= 0.6 is 0 Å². The third-order valence-electron chi connectivity index (χ3n) is 6.59. The molecule has 2 heterocycles. The molecule has 0 amide bonds. The Morgan fingerprint density at radius 2 is 1.75 bits per heavy atom. The van der Waals surface area contributed by atoms with Crippen LogP contribution in [0.1, 0.15) is 40.2 Å². The summed E-state index contributed by atoms with van der Waals surface area (Å²) in [5.74, 6) is -0.738. The minimum atomic E-state index is -2.04. The average Bonchev–Trinajstić information content (AvgIpc) is 3.14. The van der Waals surface area contributed by atoms with Gasteiger partial charge in [-0.3, -0.25) is 0 Å². The quantitative estimate of drug-likeness (QED) is 0.275. The molecule has 1 aromatic rings. The van der Waals surface area contributed by atoms with Crippen molar-refractivity contribution < 1.29 is 28.1 Å². The molecule has 0 spiro atoms. The van der Waals surface area contributed by atoms with Gasteiger partial charge in [-0.25, -0.2) is 0 Å². The van der Waals surface area contributed by atoms with Gasteiger partial charge in [0.2, 0.25) is 0 Å². The molecule has 0 unspecified atom stereocenters. The third-order valence-corrected chi connectivity index (χ3v) is 11.1. The van der Waals surface area contributed by atoms with E-state index in [1.807, 2.05) is 44.2 Å². The second-order valence-corrected chi connectivity index (χ2v) is 15.5. The van der Waals surface area contributed by atoms with E-state index >= 15 is 0 Å². The summed E-state index contributed by atoms with van der Waals surface area (Å²) >= 11 is 0. The molecule has 4 atom stereocenters. The molecule has 180 valence electrons. The molecule has 0 saturated carbocycles. The molecule has 1 aromatic carbocycles. The normalized spacial score (nSPS) is 29.8. The fourth-order valence-electron chi connectivity index (χ4n) is 3.77. The predicted molar refractivity (Wildman–Crippen MR) is 127 cm³/mol. The molecule has 0 radical (unpaired) electrons. The number of benzene rings is 1. The van der Waals surface area contributed by atoms with Gasteiger partial charge in [0.15, 0.2) is 20.4 Å². The summed E-state index contributed by atoms with van der Waals surface area (Å²) in [5, 5.41) is 0.0695. The molecular formula is C25H40O6Si. The highest BCUT2D eigenvalue weighted by atomic mass is 28.4.